The third kappa shape index (κ3) is 6.91. The highest BCUT2D eigenvalue weighted by molar-refractivity contribution is 9.10. The van der Waals surface area contributed by atoms with Crippen LogP contribution in [-0.2, 0) is 6.54 Å². The Kier molecular flexibility index (Phi) is 8.84. The predicted octanol–water partition coefficient (Wildman–Crippen LogP) is 6.13. The van der Waals surface area contributed by atoms with Gasteiger partial charge in [0.25, 0.3) is 5.91 Å². The molecule has 0 unspecified atom stereocenters. The largest absolute Gasteiger partial charge is 0.324 e. The van der Waals surface area contributed by atoms with Crippen LogP contribution in [0.25, 0.3) is 11.3 Å². The minimum absolute atomic E-state index is 0.164. The Labute approximate surface area is 244 Å². The number of hydrogen-bond donors (Lipinski definition) is 2. The lowest BCUT2D eigenvalue weighted by molar-refractivity contribution is 0.102. The zero-order valence-electron chi connectivity index (χ0n) is 23.1. The minimum Gasteiger partial charge on any atom is -0.324 e. The molecular formula is C31H34BrN7O. The van der Waals surface area contributed by atoms with Crippen molar-refractivity contribution in [3.63, 3.8) is 0 Å². The van der Waals surface area contributed by atoms with Gasteiger partial charge in [0.1, 0.15) is 0 Å². The molecule has 1 saturated heterocycles. The number of halogens is 1. The van der Waals surface area contributed by atoms with Crippen molar-refractivity contribution >= 4 is 39.2 Å². The Bertz CT molecular complexity index is 1470. The number of anilines is 3. The number of piperazine rings is 1. The van der Waals surface area contributed by atoms with Crippen molar-refractivity contribution in [2.24, 2.45) is 0 Å². The molecule has 2 aromatic carbocycles. The van der Waals surface area contributed by atoms with E-state index in [1.165, 1.54) is 5.56 Å². The SMILES string of the molecule is Cc1ccc(NC(=O)c2ccc(CN3CCN(C(C)C)CC3)c(Br)c2)cc1Nc1nccc(-c2cccnc2)n1. The maximum absolute atomic E-state index is 13.1. The van der Waals surface area contributed by atoms with Gasteiger partial charge in [-0.2, -0.15) is 0 Å². The summed E-state index contributed by atoms with van der Waals surface area (Å²) in [7, 11) is 0. The molecule has 0 spiro atoms. The van der Waals surface area contributed by atoms with Crippen LogP contribution in [-0.4, -0.2) is 62.9 Å². The van der Waals surface area contributed by atoms with Crippen molar-refractivity contribution in [2.75, 3.05) is 36.8 Å². The van der Waals surface area contributed by atoms with E-state index in [-0.39, 0.29) is 5.91 Å². The van der Waals surface area contributed by atoms with Gasteiger partial charge in [0, 0.05) is 84.3 Å². The molecule has 0 radical (unpaired) electrons. The molecule has 8 nitrogen and oxygen atoms in total. The number of aromatic nitrogens is 3. The summed E-state index contributed by atoms with van der Waals surface area (Å²) in [6, 6.07) is 17.9. The van der Waals surface area contributed by atoms with E-state index < -0.39 is 0 Å². The van der Waals surface area contributed by atoms with E-state index in [4.69, 9.17) is 0 Å². The van der Waals surface area contributed by atoms with Crippen LogP contribution in [0.3, 0.4) is 0 Å². The van der Waals surface area contributed by atoms with Gasteiger partial charge in [-0.1, -0.05) is 28.1 Å². The van der Waals surface area contributed by atoms with Crippen molar-refractivity contribution in [2.45, 2.75) is 33.4 Å². The van der Waals surface area contributed by atoms with Gasteiger partial charge in [0.05, 0.1) is 5.69 Å². The Balaban J connectivity index is 1.23. The molecule has 1 aliphatic heterocycles. The average Bonchev–Trinajstić information content (AvgIpc) is 2.97. The minimum atomic E-state index is -0.164. The highest BCUT2D eigenvalue weighted by atomic mass is 79.9. The highest BCUT2D eigenvalue weighted by Crippen LogP contribution is 2.26. The van der Waals surface area contributed by atoms with E-state index in [1.807, 2.05) is 61.5 Å². The molecule has 5 rings (SSSR count). The molecule has 3 heterocycles. The smallest absolute Gasteiger partial charge is 0.255 e. The maximum Gasteiger partial charge on any atom is 0.255 e. The zero-order chi connectivity index (χ0) is 28.1. The van der Waals surface area contributed by atoms with Gasteiger partial charge in [-0.05, 0) is 74.4 Å². The molecule has 9 heteroatoms. The lowest BCUT2D eigenvalue weighted by atomic mass is 10.1. The lowest BCUT2D eigenvalue weighted by Gasteiger charge is -2.37. The van der Waals surface area contributed by atoms with Gasteiger partial charge in [0.15, 0.2) is 0 Å². The van der Waals surface area contributed by atoms with Crippen LogP contribution in [0.1, 0.15) is 35.3 Å². The second kappa shape index (κ2) is 12.7. The molecule has 0 bridgehead atoms. The van der Waals surface area contributed by atoms with Gasteiger partial charge in [-0.25, -0.2) is 9.97 Å². The molecule has 1 amide bonds. The number of rotatable bonds is 8. The number of nitrogens with zero attached hydrogens (tertiary/aromatic N) is 5. The van der Waals surface area contributed by atoms with Gasteiger partial charge >= 0.3 is 0 Å². The van der Waals surface area contributed by atoms with E-state index in [1.54, 1.807) is 18.6 Å². The van der Waals surface area contributed by atoms with Crippen LogP contribution in [0.4, 0.5) is 17.3 Å². The highest BCUT2D eigenvalue weighted by Gasteiger charge is 2.20. The number of amides is 1. The van der Waals surface area contributed by atoms with E-state index in [0.717, 1.165) is 59.7 Å². The average molecular weight is 601 g/mol. The van der Waals surface area contributed by atoms with E-state index >= 15 is 0 Å². The van der Waals surface area contributed by atoms with E-state index in [0.29, 0.717) is 23.2 Å². The van der Waals surface area contributed by atoms with E-state index in [2.05, 4.69) is 65.2 Å². The first kappa shape index (κ1) is 27.9. The van der Waals surface area contributed by atoms with Crippen molar-refractivity contribution in [1.82, 2.24) is 24.8 Å². The van der Waals surface area contributed by atoms with Crippen LogP contribution in [0.15, 0.2) is 77.7 Å². The van der Waals surface area contributed by atoms with Crippen LogP contribution < -0.4 is 10.6 Å². The number of nitrogens with one attached hydrogen (secondary N) is 2. The van der Waals surface area contributed by atoms with Gasteiger partial charge < -0.3 is 10.6 Å². The van der Waals surface area contributed by atoms with Crippen LogP contribution in [0, 0.1) is 6.92 Å². The van der Waals surface area contributed by atoms with Crippen molar-refractivity contribution in [3.05, 3.63) is 94.4 Å². The molecule has 2 aromatic heterocycles. The molecular weight excluding hydrogens is 566 g/mol. The fourth-order valence-corrected chi connectivity index (χ4v) is 5.25. The molecule has 0 atom stereocenters. The number of carbonyl (C=O) groups is 1. The summed E-state index contributed by atoms with van der Waals surface area (Å²) in [5, 5.41) is 6.32. The summed E-state index contributed by atoms with van der Waals surface area (Å²) in [6.45, 7) is 11.6. The maximum atomic E-state index is 13.1. The molecule has 40 heavy (non-hydrogen) atoms. The topological polar surface area (TPSA) is 86.3 Å². The third-order valence-electron chi connectivity index (χ3n) is 7.20. The van der Waals surface area contributed by atoms with Crippen molar-refractivity contribution in [1.29, 1.82) is 0 Å². The molecule has 1 aliphatic rings. The quantitative estimate of drug-likeness (QED) is 0.252. The molecule has 4 aromatic rings. The molecule has 0 saturated carbocycles. The summed E-state index contributed by atoms with van der Waals surface area (Å²) in [6.07, 6.45) is 5.22. The monoisotopic (exact) mass is 599 g/mol. The van der Waals surface area contributed by atoms with Gasteiger partial charge in [-0.3, -0.25) is 19.6 Å². The summed E-state index contributed by atoms with van der Waals surface area (Å²) in [4.78, 5) is 31.3. The zero-order valence-corrected chi connectivity index (χ0v) is 24.6. The second-order valence-electron chi connectivity index (χ2n) is 10.3. The first-order valence-corrected chi connectivity index (χ1v) is 14.3. The number of benzene rings is 2. The molecule has 1 fully saturated rings. The second-order valence-corrected chi connectivity index (χ2v) is 11.2. The number of pyridine rings is 1. The van der Waals surface area contributed by atoms with Crippen molar-refractivity contribution < 1.29 is 4.79 Å². The normalized spacial score (nSPS) is 14.3. The fourth-order valence-electron chi connectivity index (χ4n) is 4.75. The predicted molar refractivity (Wildman–Crippen MR) is 164 cm³/mol. The van der Waals surface area contributed by atoms with Crippen LogP contribution >= 0.6 is 15.9 Å². The third-order valence-corrected chi connectivity index (χ3v) is 7.94. The first-order chi connectivity index (χ1) is 19.4. The van der Waals surface area contributed by atoms with Gasteiger partial charge in [0.2, 0.25) is 5.95 Å². The molecule has 0 aliphatic carbocycles. The van der Waals surface area contributed by atoms with E-state index in [9.17, 15) is 4.79 Å². The molecule has 2 N–H and O–H groups in total. The Morgan fingerprint density at radius 2 is 1.85 bits per heavy atom. The summed E-state index contributed by atoms with van der Waals surface area (Å²) < 4.78 is 0.948. The fraction of sp³-hybridized carbons (Fsp3) is 0.290. The lowest BCUT2D eigenvalue weighted by Crippen LogP contribution is -2.48. The Morgan fingerprint density at radius 1 is 1.02 bits per heavy atom. The summed E-state index contributed by atoms with van der Waals surface area (Å²) in [5.74, 6) is 0.306. The van der Waals surface area contributed by atoms with Crippen LogP contribution in [0.5, 0.6) is 0 Å². The molecule has 206 valence electrons. The number of aryl methyl sites for hydroxylation is 1. The van der Waals surface area contributed by atoms with Crippen LogP contribution in [0.2, 0.25) is 0 Å². The first-order valence-electron chi connectivity index (χ1n) is 13.5. The standard InChI is InChI=1S/C31H34BrN7O/c1-21(2)39-15-13-38(14-16-39)20-25-8-7-23(17-27(25)32)30(40)35-26-9-6-22(3)29(18-26)37-31-34-12-10-28(36-31)24-5-4-11-33-19-24/h4-12,17-19,21H,13-16,20H2,1-3H3,(H,35,40)(H,34,36,37). The Hall–Kier alpha value is -3.66. The van der Waals surface area contributed by atoms with Gasteiger partial charge in [-0.15, -0.1) is 0 Å². The number of carbonyl (C=O) groups excluding carboxylic acids is 1. The number of hydrogen-bond acceptors (Lipinski definition) is 7. The van der Waals surface area contributed by atoms with Crippen molar-refractivity contribution in [3.8, 4) is 11.3 Å². The summed E-state index contributed by atoms with van der Waals surface area (Å²) >= 11 is 3.70. The Morgan fingerprint density at radius 3 is 2.58 bits per heavy atom. The summed E-state index contributed by atoms with van der Waals surface area (Å²) in [5.41, 5.74) is 5.98.